The Morgan fingerprint density at radius 2 is 2.29 bits per heavy atom. The first-order chi connectivity index (χ1) is 8.25. The Bertz CT molecular complexity index is 400. The first-order valence-corrected chi connectivity index (χ1v) is 6.18. The third kappa shape index (κ3) is 3.44. The maximum absolute atomic E-state index is 4.48. The lowest BCUT2D eigenvalue weighted by molar-refractivity contribution is 0.446. The second-order valence-electron chi connectivity index (χ2n) is 4.43. The van der Waals surface area contributed by atoms with Crippen LogP contribution in [0.1, 0.15) is 17.8 Å². The Labute approximate surface area is 103 Å². The number of aliphatic imine (C=N–C) groups is 1. The maximum atomic E-state index is 4.48. The van der Waals surface area contributed by atoms with Gasteiger partial charge in [0.25, 0.3) is 0 Å². The Hall–Kier alpha value is -1.58. The van der Waals surface area contributed by atoms with Crippen molar-refractivity contribution >= 4 is 5.96 Å². The molecule has 1 N–H and O–H groups in total. The molecule has 0 aliphatic carbocycles. The molecule has 1 aromatic heterocycles. The van der Waals surface area contributed by atoms with Crippen LogP contribution in [0.5, 0.6) is 0 Å². The van der Waals surface area contributed by atoms with E-state index >= 15 is 0 Å². The van der Waals surface area contributed by atoms with Crippen molar-refractivity contribution in [2.75, 3.05) is 26.7 Å². The molecule has 0 saturated heterocycles. The summed E-state index contributed by atoms with van der Waals surface area (Å²) in [6.45, 7) is 4.94. The fourth-order valence-corrected chi connectivity index (χ4v) is 1.95. The van der Waals surface area contributed by atoms with Gasteiger partial charge in [0.2, 0.25) is 0 Å². The third-order valence-electron chi connectivity index (χ3n) is 2.89. The van der Waals surface area contributed by atoms with Crippen molar-refractivity contribution in [3.8, 4) is 0 Å². The number of aromatic nitrogens is 1. The van der Waals surface area contributed by atoms with Gasteiger partial charge in [-0.25, -0.2) is 0 Å². The zero-order valence-electron chi connectivity index (χ0n) is 10.6. The van der Waals surface area contributed by atoms with Crippen LogP contribution in [0.15, 0.2) is 23.2 Å². The summed E-state index contributed by atoms with van der Waals surface area (Å²) in [7, 11) is 2.08. The summed E-state index contributed by atoms with van der Waals surface area (Å²) in [5.74, 6) is 1.02. The molecule has 2 heterocycles. The molecule has 0 spiro atoms. The van der Waals surface area contributed by atoms with Crippen molar-refractivity contribution in [3.63, 3.8) is 0 Å². The second-order valence-corrected chi connectivity index (χ2v) is 4.43. The predicted octanol–water partition coefficient (Wildman–Crippen LogP) is 1.21. The average molecular weight is 232 g/mol. The van der Waals surface area contributed by atoms with Crippen LogP contribution < -0.4 is 5.32 Å². The van der Waals surface area contributed by atoms with Crippen molar-refractivity contribution in [1.82, 2.24) is 15.2 Å². The van der Waals surface area contributed by atoms with Crippen molar-refractivity contribution in [3.05, 3.63) is 29.6 Å². The minimum atomic E-state index is 0.889. The first-order valence-electron chi connectivity index (χ1n) is 6.18. The topological polar surface area (TPSA) is 40.5 Å². The molecular weight excluding hydrogens is 212 g/mol. The molecule has 1 aromatic rings. The van der Waals surface area contributed by atoms with Crippen LogP contribution in [0.3, 0.4) is 0 Å². The largest absolute Gasteiger partial charge is 0.356 e. The average Bonchev–Trinajstić information content (AvgIpc) is 2.32. The SMILES string of the molecule is Cc1cccc(CCNC2=NCCCN2C)n1. The van der Waals surface area contributed by atoms with Crippen molar-refractivity contribution < 1.29 is 0 Å². The van der Waals surface area contributed by atoms with Crippen molar-refractivity contribution in [1.29, 1.82) is 0 Å². The van der Waals surface area contributed by atoms with Gasteiger partial charge >= 0.3 is 0 Å². The molecule has 1 aliphatic heterocycles. The Balaban J connectivity index is 1.81. The lowest BCUT2D eigenvalue weighted by Gasteiger charge is -2.25. The van der Waals surface area contributed by atoms with Crippen LogP contribution in [0.4, 0.5) is 0 Å². The number of pyridine rings is 1. The summed E-state index contributed by atoms with van der Waals surface area (Å²) >= 11 is 0. The molecule has 0 bridgehead atoms. The Morgan fingerprint density at radius 1 is 1.41 bits per heavy atom. The fraction of sp³-hybridized carbons (Fsp3) is 0.538. The van der Waals surface area contributed by atoms with Gasteiger partial charge < -0.3 is 10.2 Å². The molecule has 0 atom stereocenters. The van der Waals surface area contributed by atoms with Gasteiger partial charge in [0.1, 0.15) is 0 Å². The summed E-state index contributed by atoms with van der Waals surface area (Å²) in [5, 5.41) is 3.38. The Kier molecular flexibility index (Phi) is 3.96. The van der Waals surface area contributed by atoms with E-state index in [2.05, 4.69) is 39.4 Å². The number of rotatable bonds is 3. The highest BCUT2D eigenvalue weighted by Crippen LogP contribution is 2.00. The lowest BCUT2D eigenvalue weighted by atomic mass is 10.2. The standard InChI is InChI=1S/C13H20N4/c1-11-5-3-6-12(16-11)7-9-15-13-14-8-4-10-17(13)2/h3,5-6H,4,7-10H2,1-2H3,(H,14,15). The molecule has 1 aliphatic rings. The van der Waals surface area contributed by atoms with Crippen LogP contribution >= 0.6 is 0 Å². The van der Waals surface area contributed by atoms with Gasteiger partial charge in [0.15, 0.2) is 5.96 Å². The van der Waals surface area contributed by atoms with Crippen LogP contribution in [0.2, 0.25) is 0 Å². The highest BCUT2D eigenvalue weighted by molar-refractivity contribution is 5.80. The summed E-state index contributed by atoms with van der Waals surface area (Å²) < 4.78 is 0. The summed E-state index contributed by atoms with van der Waals surface area (Å²) in [5.41, 5.74) is 2.21. The van der Waals surface area contributed by atoms with Gasteiger partial charge in [-0.3, -0.25) is 9.98 Å². The lowest BCUT2D eigenvalue weighted by Crippen LogP contribution is -2.42. The number of nitrogens with one attached hydrogen (secondary N) is 1. The molecular formula is C13H20N4. The number of hydrogen-bond acceptors (Lipinski definition) is 4. The van der Waals surface area contributed by atoms with E-state index in [1.54, 1.807) is 0 Å². The van der Waals surface area contributed by atoms with Gasteiger partial charge in [-0.2, -0.15) is 0 Å². The quantitative estimate of drug-likeness (QED) is 0.851. The molecule has 0 fully saturated rings. The highest BCUT2D eigenvalue weighted by Gasteiger charge is 2.09. The van der Waals surface area contributed by atoms with E-state index in [1.165, 1.54) is 0 Å². The molecule has 2 rings (SSSR count). The van der Waals surface area contributed by atoms with Gasteiger partial charge in [0.05, 0.1) is 0 Å². The van der Waals surface area contributed by atoms with Gasteiger partial charge in [-0.1, -0.05) is 6.07 Å². The summed E-state index contributed by atoms with van der Waals surface area (Å²) in [4.78, 5) is 11.1. The van der Waals surface area contributed by atoms with E-state index in [9.17, 15) is 0 Å². The van der Waals surface area contributed by atoms with E-state index in [4.69, 9.17) is 0 Å². The van der Waals surface area contributed by atoms with Crippen LogP contribution in [0.25, 0.3) is 0 Å². The molecule has 0 saturated carbocycles. The second kappa shape index (κ2) is 5.66. The summed E-state index contributed by atoms with van der Waals surface area (Å²) in [6, 6.07) is 6.15. The van der Waals surface area contributed by atoms with Gasteiger partial charge in [-0.15, -0.1) is 0 Å². The van der Waals surface area contributed by atoms with E-state index in [0.717, 1.165) is 49.8 Å². The monoisotopic (exact) mass is 232 g/mol. The van der Waals surface area contributed by atoms with E-state index in [1.807, 2.05) is 13.0 Å². The number of aryl methyl sites for hydroxylation is 1. The predicted molar refractivity (Wildman–Crippen MR) is 70.2 cm³/mol. The molecule has 4 nitrogen and oxygen atoms in total. The van der Waals surface area contributed by atoms with Crippen LogP contribution in [-0.2, 0) is 6.42 Å². The number of guanidine groups is 1. The van der Waals surface area contributed by atoms with E-state index in [0.29, 0.717) is 0 Å². The summed E-state index contributed by atoms with van der Waals surface area (Å²) in [6.07, 6.45) is 2.09. The normalized spacial score (nSPS) is 15.6. The molecule has 0 aromatic carbocycles. The number of hydrogen-bond donors (Lipinski definition) is 1. The molecule has 0 radical (unpaired) electrons. The molecule has 17 heavy (non-hydrogen) atoms. The zero-order chi connectivity index (χ0) is 12.1. The van der Waals surface area contributed by atoms with Crippen molar-refractivity contribution in [2.24, 2.45) is 4.99 Å². The maximum Gasteiger partial charge on any atom is 0.193 e. The highest BCUT2D eigenvalue weighted by atomic mass is 15.3. The number of nitrogens with zero attached hydrogens (tertiary/aromatic N) is 3. The Morgan fingerprint density at radius 3 is 3.06 bits per heavy atom. The molecule has 4 heteroatoms. The van der Waals surface area contributed by atoms with E-state index < -0.39 is 0 Å². The minimum absolute atomic E-state index is 0.889. The van der Waals surface area contributed by atoms with Gasteiger partial charge in [0, 0.05) is 44.5 Å². The van der Waals surface area contributed by atoms with Gasteiger partial charge in [-0.05, 0) is 25.5 Å². The molecule has 92 valence electrons. The van der Waals surface area contributed by atoms with Crippen molar-refractivity contribution in [2.45, 2.75) is 19.8 Å². The fourth-order valence-electron chi connectivity index (χ4n) is 1.95. The van der Waals surface area contributed by atoms with E-state index in [-0.39, 0.29) is 0 Å². The molecule has 0 unspecified atom stereocenters. The van der Waals surface area contributed by atoms with Crippen LogP contribution in [-0.4, -0.2) is 42.5 Å². The minimum Gasteiger partial charge on any atom is -0.356 e. The third-order valence-corrected chi connectivity index (χ3v) is 2.89. The molecule has 0 amide bonds. The zero-order valence-corrected chi connectivity index (χ0v) is 10.6. The first kappa shape index (κ1) is 11.9. The van der Waals surface area contributed by atoms with Crippen LogP contribution in [0, 0.1) is 6.92 Å². The smallest absolute Gasteiger partial charge is 0.193 e.